The second-order valence-corrected chi connectivity index (χ2v) is 17.8. The van der Waals surface area contributed by atoms with Gasteiger partial charge in [0.15, 0.2) is 14.9 Å². The lowest BCUT2D eigenvalue weighted by atomic mass is 9.80. The standard InChI is InChI=1S/C19H32F8O6Si3/c1-11(2)15(3,4)19(35-33-34,32-36(5,6)7)31-13(29)9-8-12(28)30-10-16(22,23)18(26,27)17(24,25)14(20)21/h8-9,11,14H,10,35H2,1-7,34H3. The van der Waals surface area contributed by atoms with Gasteiger partial charge < -0.3 is 18.0 Å². The maximum absolute atomic E-state index is 13.5. The molecule has 0 aliphatic rings. The summed E-state index contributed by atoms with van der Waals surface area (Å²) in [6.45, 7) is 10.2. The zero-order valence-electron chi connectivity index (χ0n) is 21.2. The molecule has 0 aromatic heterocycles. The van der Waals surface area contributed by atoms with Crippen molar-refractivity contribution in [1.29, 1.82) is 0 Å². The van der Waals surface area contributed by atoms with Crippen LogP contribution in [0.5, 0.6) is 0 Å². The van der Waals surface area contributed by atoms with Crippen molar-refractivity contribution in [3.05, 3.63) is 12.2 Å². The molecule has 0 aliphatic heterocycles. The Morgan fingerprint density at radius 2 is 1.44 bits per heavy atom. The average Bonchev–Trinajstić information content (AvgIpc) is 2.68. The normalized spacial score (nSPS) is 16.4. The molecule has 0 bridgehead atoms. The van der Waals surface area contributed by atoms with E-state index in [4.69, 9.17) is 13.3 Å². The molecular weight excluding hydrogens is 560 g/mol. The van der Waals surface area contributed by atoms with Crippen molar-refractivity contribution in [2.75, 3.05) is 6.61 Å². The van der Waals surface area contributed by atoms with E-state index < -0.39 is 71.6 Å². The lowest BCUT2D eigenvalue weighted by Gasteiger charge is -2.49. The average molecular weight is 593 g/mol. The van der Waals surface area contributed by atoms with E-state index in [0.29, 0.717) is 16.6 Å². The molecule has 0 aliphatic carbocycles. The molecule has 0 N–H and O–H groups in total. The van der Waals surface area contributed by atoms with Crippen molar-refractivity contribution in [1.82, 2.24) is 0 Å². The molecule has 0 aromatic rings. The molecule has 6 nitrogen and oxygen atoms in total. The van der Waals surface area contributed by atoms with Gasteiger partial charge >= 0.3 is 36.1 Å². The Labute approximate surface area is 210 Å². The molecule has 0 spiro atoms. The highest BCUT2D eigenvalue weighted by atomic mass is 28.4. The molecule has 1 unspecified atom stereocenters. The second-order valence-electron chi connectivity index (χ2n) is 9.84. The quantitative estimate of drug-likeness (QED) is 0.101. The Kier molecular flexibility index (Phi) is 11.6. The fourth-order valence-electron chi connectivity index (χ4n) is 2.67. The minimum atomic E-state index is -6.53. The molecule has 17 heteroatoms. The van der Waals surface area contributed by atoms with Gasteiger partial charge in [-0.2, -0.15) is 26.3 Å². The number of rotatable bonds is 14. The van der Waals surface area contributed by atoms with E-state index in [9.17, 15) is 44.7 Å². The number of carbonyl (C=O) groups excluding carboxylic acids is 2. The van der Waals surface area contributed by atoms with Crippen LogP contribution in [0.2, 0.25) is 19.6 Å². The molecule has 0 aromatic carbocycles. The van der Waals surface area contributed by atoms with Gasteiger partial charge in [-0.1, -0.05) is 27.7 Å². The van der Waals surface area contributed by atoms with Gasteiger partial charge in [0.1, 0.15) is 10.5 Å². The van der Waals surface area contributed by atoms with Crippen LogP contribution in [0.15, 0.2) is 12.2 Å². The van der Waals surface area contributed by atoms with Crippen molar-refractivity contribution in [2.45, 2.75) is 76.9 Å². The molecule has 0 saturated heterocycles. The molecule has 36 heavy (non-hydrogen) atoms. The summed E-state index contributed by atoms with van der Waals surface area (Å²) in [5.41, 5.74) is -2.27. The predicted octanol–water partition coefficient (Wildman–Crippen LogP) is 3.37. The van der Waals surface area contributed by atoms with Crippen molar-refractivity contribution in [3.63, 3.8) is 0 Å². The number of halogens is 8. The molecule has 1 atom stereocenters. The molecular formula is C19H32F8O6Si3. The molecule has 0 heterocycles. The van der Waals surface area contributed by atoms with Gasteiger partial charge in [-0.3, -0.25) is 0 Å². The maximum Gasteiger partial charge on any atom is 0.381 e. The summed E-state index contributed by atoms with van der Waals surface area (Å²) >= 11 is 0. The zero-order chi connectivity index (χ0) is 29.0. The van der Waals surface area contributed by atoms with Crippen LogP contribution in [0.1, 0.15) is 27.7 Å². The third kappa shape index (κ3) is 8.09. The topological polar surface area (TPSA) is 71.1 Å². The number of ether oxygens (including phenoxy) is 2. The molecule has 212 valence electrons. The summed E-state index contributed by atoms with van der Waals surface area (Å²) in [4.78, 5) is 24.2. The first-order valence-corrected chi connectivity index (χ1v) is 16.1. The van der Waals surface area contributed by atoms with Gasteiger partial charge in [-0.15, -0.1) is 0 Å². The van der Waals surface area contributed by atoms with E-state index >= 15 is 0 Å². The van der Waals surface area contributed by atoms with E-state index in [-0.39, 0.29) is 12.0 Å². The third-order valence-corrected chi connectivity index (χ3v) is 9.36. The monoisotopic (exact) mass is 592 g/mol. The highest BCUT2D eigenvalue weighted by molar-refractivity contribution is 6.70. The van der Waals surface area contributed by atoms with Crippen molar-refractivity contribution >= 4 is 40.5 Å². The van der Waals surface area contributed by atoms with Crippen LogP contribution in [-0.4, -0.2) is 76.7 Å². The molecule has 0 saturated carbocycles. The number of hydrogen-bond acceptors (Lipinski definition) is 6. The Bertz CT molecular complexity index is 803. The van der Waals surface area contributed by atoms with Gasteiger partial charge in [0.25, 0.3) is 0 Å². The smallest absolute Gasteiger partial charge is 0.381 e. The summed E-state index contributed by atoms with van der Waals surface area (Å²) < 4.78 is 125. The molecule has 0 radical (unpaired) electrons. The molecule has 0 fully saturated rings. The minimum Gasteiger partial charge on any atom is -0.463 e. The number of esters is 2. The Hall–Kier alpha value is -1.31. The van der Waals surface area contributed by atoms with E-state index in [1.165, 1.54) is 0 Å². The summed E-state index contributed by atoms with van der Waals surface area (Å²) in [7, 11) is -3.73. The van der Waals surface area contributed by atoms with Crippen molar-refractivity contribution in [3.8, 4) is 0 Å². The van der Waals surface area contributed by atoms with Crippen LogP contribution < -0.4 is 0 Å². The Morgan fingerprint density at radius 1 is 0.972 bits per heavy atom. The van der Waals surface area contributed by atoms with Crippen LogP contribution in [0.25, 0.3) is 0 Å². The largest absolute Gasteiger partial charge is 0.463 e. The highest BCUT2D eigenvalue weighted by Gasteiger charge is 2.75. The van der Waals surface area contributed by atoms with E-state index in [0.717, 1.165) is 0 Å². The lowest BCUT2D eigenvalue weighted by molar-refractivity contribution is -0.344. The minimum absolute atomic E-state index is 0.0878. The van der Waals surface area contributed by atoms with Gasteiger partial charge in [0.05, 0.1) is 0 Å². The third-order valence-electron chi connectivity index (χ3n) is 5.40. The highest BCUT2D eigenvalue weighted by Crippen LogP contribution is 2.48. The molecule has 0 amide bonds. The second kappa shape index (κ2) is 12.0. The fraction of sp³-hybridized carbons (Fsp3) is 0.789. The zero-order valence-corrected chi connectivity index (χ0v) is 25.6. The van der Waals surface area contributed by atoms with Crippen molar-refractivity contribution in [2.24, 2.45) is 11.3 Å². The summed E-state index contributed by atoms with van der Waals surface area (Å²) in [5.74, 6) is -21.8. The first kappa shape index (κ1) is 34.7. The van der Waals surface area contributed by atoms with Gasteiger partial charge in [-0.05, 0) is 25.6 Å². The van der Waals surface area contributed by atoms with Crippen LogP contribution in [0.3, 0.4) is 0 Å². The Morgan fingerprint density at radius 3 is 1.83 bits per heavy atom. The van der Waals surface area contributed by atoms with Crippen molar-refractivity contribution < 1.29 is 62.7 Å². The summed E-state index contributed by atoms with van der Waals surface area (Å²) in [5, 5.41) is 0. The van der Waals surface area contributed by atoms with Gasteiger partial charge in [-0.25, -0.2) is 18.4 Å². The predicted molar refractivity (Wildman–Crippen MR) is 122 cm³/mol. The van der Waals surface area contributed by atoms with Crippen LogP contribution >= 0.6 is 0 Å². The fourth-order valence-corrected chi connectivity index (χ4v) is 8.00. The summed E-state index contributed by atoms with van der Waals surface area (Å²) in [6, 6.07) is 0. The molecule has 0 rings (SSSR count). The lowest BCUT2D eigenvalue weighted by Crippen LogP contribution is -2.61. The number of carbonyl (C=O) groups is 2. The number of hydrogen-bond donors (Lipinski definition) is 0. The van der Waals surface area contributed by atoms with Crippen LogP contribution in [0, 0.1) is 11.3 Å². The number of alkyl halides is 8. The summed E-state index contributed by atoms with van der Waals surface area (Å²) in [6.07, 6.45) is -4.41. The van der Waals surface area contributed by atoms with E-state index in [1.54, 1.807) is 13.8 Å². The Balaban J connectivity index is 5.68. The van der Waals surface area contributed by atoms with Crippen LogP contribution in [-0.2, 0) is 27.6 Å². The van der Waals surface area contributed by atoms with Gasteiger partial charge in [0.2, 0.25) is 15.2 Å². The SMILES string of the molecule is CC(C)C(C)(C)C(OC(=O)C=CC(=O)OCC(F)(F)C(F)(F)C(F)(F)C(F)F)(O[Si](C)(C)C)[SiH2]O[SiH3]. The first-order valence-electron chi connectivity index (χ1n) is 10.6. The van der Waals surface area contributed by atoms with E-state index in [2.05, 4.69) is 4.74 Å². The van der Waals surface area contributed by atoms with E-state index in [1.807, 2.05) is 33.5 Å². The van der Waals surface area contributed by atoms with Crippen LogP contribution in [0.4, 0.5) is 35.1 Å². The maximum atomic E-state index is 13.5. The van der Waals surface area contributed by atoms with Gasteiger partial charge in [0, 0.05) is 17.6 Å². The first-order chi connectivity index (χ1) is 15.9.